The van der Waals surface area contributed by atoms with Crippen LogP contribution in [0.25, 0.3) is 11.1 Å². The molecule has 2 aromatic carbocycles. The lowest BCUT2D eigenvalue weighted by molar-refractivity contribution is -0.148. The predicted octanol–water partition coefficient (Wildman–Crippen LogP) is 1.58. The molecule has 0 bridgehead atoms. The summed E-state index contributed by atoms with van der Waals surface area (Å²) in [5, 5.41) is 45.9. The first-order valence-corrected chi connectivity index (χ1v) is 13.4. The number of hydrogen-bond acceptors (Lipinski definition) is 11. The smallest absolute Gasteiger partial charge is 0.255 e. The third kappa shape index (κ3) is 3.58. The van der Waals surface area contributed by atoms with Crippen molar-refractivity contribution < 1.29 is 44.3 Å². The molecule has 12 nitrogen and oxygen atoms in total. The number of Topliss-reactive ketones (excluding diaryl/α,β-unsaturated/α-hetero) is 2. The van der Waals surface area contributed by atoms with Crippen molar-refractivity contribution in [2.24, 2.45) is 17.6 Å². The molecule has 0 aromatic heterocycles. The zero-order valence-electron chi connectivity index (χ0n) is 23.5. The fourth-order valence-corrected chi connectivity index (χ4v) is 6.98. The number of ketones is 2. The largest absolute Gasteiger partial charge is 0.510 e. The number of carbonyl (C=O) groups is 3. The van der Waals surface area contributed by atoms with Crippen molar-refractivity contribution in [1.82, 2.24) is 4.90 Å². The molecule has 0 fully saturated rings. The summed E-state index contributed by atoms with van der Waals surface area (Å²) in [7, 11) is 6.79. The lowest BCUT2D eigenvalue weighted by Gasteiger charge is -2.50. The van der Waals surface area contributed by atoms with Gasteiger partial charge in [0.1, 0.15) is 22.8 Å². The Morgan fingerprint density at radius 3 is 2.38 bits per heavy atom. The second kappa shape index (κ2) is 9.23. The molecule has 4 aliphatic rings. The normalized spacial score (nSPS) is 26.3. The van der Waals surface area contributed by atoms with Crippen LogP contribution in [0.5, 0.6) is 17.2 Å². The van der Waals surface area contributed by atoms with E-state index in [4.69, 9.17) is 15.2 Å². The number of phenols is 1. The Hall–Kier alpha value is -4.55. The number of aliphatic hydroxyl groups is 3. The van der Waals surface area contributed by atoms with Gasteiger partial charge >= 0.3 is 0 Å². The van der Waals surface area contributed by atoms with Crippen LogP contribution in [0.15, 0.2) is 46.9 Å². The highest BCUT2D eigenvalue weighted by Crippen LogP contribution is 2.54. The average Bonchev–Trinajstić information content (AvgIpc) is 3.38. The molecule has 42 heavy (non-hydrogen) atoms. The van der Waals surface area contributed by atoms with Crippen LogP contribution < -0.4 is 20.1 Å². The molecule has 0 unspecified atom stereocenters. The molecule has 220 valence electrons. The van der Waals surface area contributed by atoms with Gasteiger partial charge in [0.15, 0.2) is 22.9 Å². The molecule has 6 N–H and O–H groups in total. The maximum atomic E-state index is 14.2. The number of rotatable bonds is 4. The van der Waals surface area contributed by atoms with Crippen LogP contribution in [0, 0.1) is 11.8 Å². The number of phenolic OH excluding ortho intramolecular Hbond substituents is 1. The van der Waals surface area contributed by atoms with Gasteiger partial charge in [0.2, 0.25) is 12.6 Å². The summed E-state index contributed by atoms with van der Waals surface area (Å²) in [6.07, 6.45) is 0.209. The molecule has 0 saturated carbocycles. The van der Waals surface area contributed by atoms with Crippen LogP contribution in [-0.4, -0.2) is 89.4 Å². The van der Waals surface area contributed by atoms with Gasteiger partial charge in [-0.1, -0.05) is 6.07 Å². The maximum Gasteiger partial charge on any atom is 0.255 e. The number of nitrogens with zero attached hydrogens (tertiary/aromatic N) is 2. The van der Waals surface area contributed by atoms with Crippen LogP contribution in [0.4, 0.5) is 5.69 Å². The molecule has 2 aromatic rings. The number of aliphatic hydroxyl groups excluding tert-OH is 2. The van der Waals surface area contributed by atoms with E-state index in [0.29, 0.717) is 33.9 Å². The van der Waals surface area contributed by atoms with Crippen LogP contribution >= 0.6 is 0 Å². The number of benzene rings is 2. The first-order chi connectivity index (χ1) is 19.8. The molecule has 3 aliphatic carbocycles. The number of amides is 1. The van der Waals surface area contributed by atoms with Gasteiger partial charge < -0.3 is 40.5 Å². The Bertz CT molecular complexity index is 1660. The van der Waals surface area contributed by atoms with Gasteiger partial charge in [-0.25, -0.2) is 0 Å². The minimum absolute atomic E-state index is 0.0172. The van der Waals surface area contributed by atoms with E-state index in [1.807, 2.05) is 4.90 Å². The second-order valence-electron chi connectivity index (χ2n) is 11.6. The van der Waals surface area contributed by atoms with Gasteiger partial charge in [-0.05, 0) is 62.2 Å². The van der Waals surface area contributed by atoms with Gasteiger partial charge in [0, 0.05) is 36.8 Å². The number of primary amides is 1. The van der Waals surface area contributed by atoms with Crippen LogP contribution in [0.3, 0.4) is 0 Å². The number of allylic oxidation sites excluding steroid dienone is 1. The topological polar surface area (TPSA) is 183 Å². The molecular formula is C30H31N3O9. The number of nitrogens with two attached hydrogens (primary N) is 1. The Kier molecular flexibility index (Phi) is 6.07. The highest BCUT2D eigenvalue weighted by atomic mass is 16.7. The van der Waals surface area contributed by atoms with Crippen LogP contribution in [0.1, 0.15) is 22.3 Å². The molecule has 12 heteroatoms. The van der Waals surface area contributed by atoms with Gasteiger partial charge in [0.25, 0.3) is 5.91 Å². The molecule has 6 rings (SSSR count). The quantitative estimate of drug-likeness (QED) is 0.333. The van der Waals surface area contributed by atoms with E-state index in [2.05, 4.69) is 0 Å². The summed E-state index contributed by atoms with van der Waals surface area (Å²) < 4.78 is 10.9. The van der Waals surface area contributed by atoms with Crippen molar-refractivity contribution in [3.05, 3.63) is 58.1 Å². The minimum atomic E-state index is -2.69. The summed E-state index contributed by atoms with van der Waals surface area (Å²) in [5.41, 5.74) is 3.69. The SMILES string of the molecule is CN(C)c1cc(-c2ccc3c(c2)OCO3)c(O)c2c1C[C@H]1C[C@@H]3[C@H](N(C)C)C(O)=C(C(N)=O)C(=O)[C@@]3(O)C(O)=C1C2=O. The highest BCUT2D eigenvalue weighted by Gasteiger charge is 2.63. The number of fused-ring (bicyclic) bond motifs is 4. The maximum absolute atomic E-state index is 14.2. The molecule has 0 radical (unpaired) electrons. The summed E-state index contributed by atoms with van der Waals surface area (Å²) in [4.78, 5) is 43.3. The first kappa shape index (κ1) is 27.6. The van der Waals surface area contributed by atoms with Crippen molar-refractivity contribution in [2.75, 3.05) is 39.9 Å². The minimum Gasteiger partial charge on any atom is -0.510 e. The van der Waals surface area contributed by atoms with E-state index in [0.717, 1.165) is 0 Å². The third-order valence-electron chi connectivity index (χ3n) is 8.86. The van der Waals surface area contributed by atoms with E-state index >= 15 is 0 Å². The second-order valence-corrected chi connectivity index (χ2v) is 11.6. The zero-order chi connectivity index (χ0) is 30.4. The number of ether oxygens (including phenoxy) is 2. The summed E-state index contributed by atoms with van der Waals surface area (Å²) in [5.74, 6) is -5.84. The molecule has 1 heterocycles. The zero-order valence-corrected chi connectivity index (χ0v) is 23.5. The Morgan fingerprint density at radius 2 is 1.74 bits per heavy atom. The van der Waals surface area contributed by atoms with Crippen molar-refractivity contribution in [3.63, 3.8) is 0 Å². The fourth-order valence-electron chi connectivity index (χ4n) is 6.98. The van der Waals surface area contributed by atoms with Crippen molar-refractivity contribution >= 4 is 23.2 Å². The van der Waals surface area contributed by atoms with Gasteiger partial charge in [0.05, 0.1) is 11.6 Å². The summed E-state index contributed by atoms with van der Waals surface area (Å²) in [6.45, 7) is 0.0624. The molecule has 1 amide bonds. The van der Waals surface area contributed by atoms with Crippen molar-refractivity contribution in [2.45, 2.75) is 24.5 Å². The van der Waals surface area contributed by atoms with E-state index < -0.39 is 58.0 Å². The van der Waals surface area contributed by atoms with Crippen LogP contribution in [0.2, 0.25) is 0 Å². The van der Waals surface area contributed by atoms with Gasteiger partial charge in [-0.15, -0.1) is 0 Å². The Labute approximate surface area is 240 Å². The van der Waals surface area contributed by atoms with Crippen molar-refractivity contribution in [3.8, 4) is 28.4 Å². The standard InChI is InChI=1S/C30H31N3O9/c1-32(2)17-10-14(12-5-6-18-19(9-12)42-11-41-18)24(34)21-15(17)7-13-8-16-23(33(3)4)26(36)22(29(31)39)28(38)30(16,40)27(37)20(13)25(21)35/h5-6,9-10,13,16,23,34,36-37,40H,7-8,11H2,1-4H3,(H2,31,39)/t13-,16+,23-,30-/m0/s1. The fraction of sp³-hybridized carbons (Fsp3) is 0.367. The molecule has 1 aliphatic heterocycles. The van der Waals surface area contributed by atoms with Gasteiger partial charge in [-0.2, -0.15) is 0 Å². The number of anilines is 1. The lowest BCUT2D eigenvalue weighted by Crippen LogP contribution is -2.63. The molecule has 0 saturated heterocycles. The van der Waals surface area contributed by atoms with E-state index in [1.165, 1.54) is 4.90 Å². The number of carbonyl (C=O) groups excluding carboxylic acids is 3. The van der Waals surface area contributed by atoms with E-state index in [-0.39, 0.29) is 36.5 Å². The number of aromatic hydroxyl groups is 1. The average molecular weight is 578 g/mol. The van der Waals surface area contributed by atoms with Crippen molar-refractivity contribution in [1.29, 1.82) is 0 Å². The van der Waals surface area contributed by atoms with Gasteiger partial charge in [-0.3, -0.25) is 19.3 Å². The van der Waals surface area contributed by atoms with Crippen LogP contribution in [-0.2, 0) is 16.0 Å². The summed E-state index contributed by atoms with van der Waals surface area (Å²) >= 11 is 0. The monoisotopic (exact) mass is 577 g/mol. The van der Waals surface area contributed by atoms with E-state index in [9.17, 15) is 34.8 Å². The molecule has 0 spiro atoms. The lowest BCUT2D eigenvalue weighted by atomic mass is 9.58. The number of likely N-dealkylation sites (N-methyl/N-ethyl adjacent to an activating group) is 1. The predicted molar refractivity (Wildman–Crippen MR) is 150 cm³/mol. The molecule has 4 atom stereocenters. The highest BCUT2D eigenvalue weighted by molar-refractivity contribution is 6.25. The first-order valence-electron chi connectivity index (χ1n) is 13.4. The van der Waals surface area contributed by atoms with E-state index in [1.54, 1.807) is 52.5 Å². The number of hydrogen-bond donors (Lipinski definition) is 5. The summed E-state index contributed by atoms with van der Waals surface area (Å²) in [6, 6.07) is 5.83. The Balaban J connectivity index is 1.56. The molecular weight excluding hydrogens is 546 g/mol. The Morgan fingerprint density at radius 1 is 1.05 bits per heavy atom. The third-order valence-corrected chi connectivity index (χ3v) is 8.86.